The molecular weight excluding hydrogens is 290 g/mol. The van der Waals surface area contributed by atoms with E-state index in [2.05, 4.69) is 29.4 Å². The molecule has 0 aromatic heterocycles. The Bertz CT molecular complexity index is 454. The summed E-state index contributed by atoms with van der Waals surface area (Å²) in [6.45, 7) is 5.53. The fourth-order valence-electron chi connectivity index (χ4n) is 5.00. The van der Waals surface area contributed by atoms with Gasteiger partial charge >= 0.3 is 6.03 Å². The topological polar surface area (TPSA) is 61.4 Å². The number of amides is 3. The van der Waals surface area contributed by atoms with Gasteiger partial charge in [0.15, 0.2) is 0 Å². The highest BCUT2D eigenvalue weighted by molar-refractivity contribution is 5.95. The van der Waals surface area contributed by atoms with E-state index in [4.69, 9.17) is 0 Å². The Hall–Kier alpha value is -1.10. The molecule has 130 valence electrons. The number of nitrogens with zero attached hydrogens (tertiary/aromatic N) is 1. The zero-order valence-electron chi connectivity index (χ0n) is 14.5. The predicted molar refractivity (Wildman–Crippen MR) is 90.0 cm³/mol. The molecule has 3 amide bonds. The first-order chi connectivity index (χ1) is 11.0. The van der Waals surface area contributed by atoms with Gasteiger partial charge in [0, 0.05) is 12.1 Å². The first-order valence-electron chi connectivity index (χ1n) is 9.37. The van der Waals surface area contributed by atoms with Gasteiger partial charge in [0.05, 0.1) is 6.54 Å². The molecular formula is C18H31N3O2. The zero-order valence-corrected chi connectivity index (χ0v) is 14.5. The highest BCUT2D eigenvalue weighted by Crippen LogP contribution is 2.49. The van der Waals surface area contributed by atoms with Gasteiger partial charge in [-0.15, -0.1) is 0 Å². The van der Waals surface area contributed by atoms with Gasteiger partial charge in [-0.2, -0.15) is 0 Å². The lowest BCUT2D eigenvalue weighted by atomic mass is 9.84. The lowest BCUT2D eigenvalue weighted by Gasteiger charge is -2.32. The van der Waals surface area contributed by atoms with Gasteiger partial charge < -0.3 is 5.32 Å². The molecule has 0 aromatic rings. The summed E-state index contributed by atoms with van der Waals surface area (Å²) in [7, 11) is 0. The highest BCUT2D eigenvalue weighted by Gasteiger charge is 2.42. The average Bonchev–Trinajstić information content (AvgIpc) is 3.12. The van der Waals surface area contributed by atoms with Crippen molar-refractivity contribution in [2.75, 3.05) is 13.1 Å². The fourth-order valence-corrected chi connectivity index (χ4v) is 5.00. The molecule has 1 aliphatic heterocycles. The van der Waals surface area contributed by atoms with Crippen molar-refractivity contribution >= 4 is 11.9 Å². The molecule has 3 rings (SSSR count). The second-order valence-corrected chi connectivity index (χ2v) is 7.96. The lowest BCUT2D eigenvalue weighted by molar-refractivity contribution is -0.122. The minimum atomic E-state index is -0.324. The Morgan fingerprint density at radius 3 is 2.65 bits per heavy atom. The number of nitrogens with one attached hydrogen (secondary N) is 2. The molecule has 2 aliphatic carbocycles. The summed E-state index contributed by atoms with van der Waals surface area (Å²) in [5, 5.41) is 5.51. The van der Waals surface area contributed by atoms with Gasteiger partial charge in [0.1, 0.15) is 0 Å². The number of fused-ring (bicyclic) bond motifs is 2. The van der Waals surface area contributed by atoms with Crippen molar-refractivity contribution in [3.05, 3.63) is 0 Å². The summed E-state index contributed by atoms with van der Waals surface area (Å²) in [5.74, 6) is 2.06. The fraction of sp³-hybridized carbons (Fsp3) is 0.889. The summed E-state index contributed by atoms with van der Waals surface area (Å²) in [6.07, 6.45) is 8.78. The number of imide groups is 1. The van der Waals surface area contributed by atoms with Crippen LogP contribution < -0.4 is 10.6 Å². The monoisotopic (exact) mass is 321 g/mol. The van der Waals surface area contributed by atoms with E-state index in [-0.39, 0.29) is 18.0 Å². The van der Waals surface area contributed by atoms with Crippen LogP contribution in [0.3, 0.4) is 0 Å². The number of likely N-dealkylation sites (tertiary alicyclic amines) is 1. The quantitative estimate of drug-likeness (QED) is 0.836. The minimum absolute atomic E-state index is 0.159. The molecule has 2 N–H and O–H groups in total. The summed E-state index contributed by atoms with van der Waals surface area (Å²) in [6, 6.07) is 0.271. The number of urea groups is 1. The number of piperidine rings is 1. The van der Waals surface area contributed by atoms with Crippen LogP contribution in [0.1, 0.15) is 58.8 Å². The van der Waals surface area contributed by atoms with Crippen molar-refractivity contribution in [2.24, 2.45) is 17.8 Å². The molecule has 2 saturated carbocycles. The van der Waals surface area contributed by atoms with E-state index in [1.807, 2.05) is 0 Å². The van der Waals surface area contributed by atoms with E-state index < -0.39 is 0 Å². The van der Waals surface area contributed by atoms with Crippen molar-refractivity contribution in [1.29, 1.82) is 0 Å². The van der Waals surface area contributed by atoms with Crippen LogP contribution in [0.5, 0.6) is 0 Å². The Labute approximate surface area is 139 Å². The summed E-state index contributed by atoms with van der Waals surface area (Å²) in [4.78, 5) is 26.3. The predicted octanol–water partition coefficient (Wildman–Crippen LogP) is 2.51. The van der Waals surface area contributed by atoms with Crippen LogP contribution in [0.15, 0.2) is 0 Å². The molecule has 5 heteroatoms. The number of hydrogen-bond acceptors (Lipinski definition) is 3. The van der Waals surface area contributed by atoms with E-state index in [0.717, 1.165) is 31.2 Å². The van der Waals surface area contributed by atoms with Crippen molar-refractivity contribution < 1.29 is 9.59 Å². The number of carbonyl (C=O) groups excluding carboxylic acids is 2. The molecule has 5 atom stereocenters. The van der Waals surface area contributed by atoms with Gasteiger partial charge in [-0.05, 0) is 70.3 Å². The van der Waals surface area contributed by atoms with Crippen LogP contribution in [-0.2, 0) is 4.79 Å². The maximum Gasteiger partial charge on any atom is 0.321 e. The summed E-state index contributed by atoms with van der Waals surface area (Å²) < 4.78 is 0. The standard InChI is InChI=1S/C18H31N3O2/c1-12-5-3-4-8-21(12)11-17(22)20-18(23)19-13(2)16-10-14-6-7-15(16)9-14/h12-16H,3-11H2,1-2H3,(H2,19,20,22,23). The second kappa shape index (κ2) is 7.20. The molecule has 5 nitrogen and oxygen atoms in total. The number of carbonyl (C=O) groups is 2. The average molecular weight is 321 g/mol. The first kappa shape index (κ1) is 16.7. The molecule has 5 unspecified atom stereocenters. The Balaban J connectivity index is 1.41. The number of hydrogen-bond donors (Lipinski definition) is 2. The molecule has 3 fully saturated rings. The van der Waals surface area contributed by atoms with Crippen molar-refractivity contribution in [3.8, 4) is 0 Å². The van der Waals surface area contributed by atoms with Gasteiger partial charge in [-0.25, -0.2) is 4.79 Å². The molecule has 0 aromatic carbocycles. The molecule has 1 heterocycles. The third-order valence-corrected chi connectivity index (χ3v) is 6.33. The van der Waals surface area contributed by atoms with Crippen LogP contribution in [-0.4, -0.2) is 42.0 Å². The zero-order chi connectivity index (χ0) is 16.4. The Morgan fingerprint density at radius 1 is 1.17 bits per heavy atom. The Kier molecular flexibility index (Phi) is 5.24. The van der Waals surface area contributed by atoms with Gasteiger partial charge in [0.25, 0.3) is 0 Å². The van der Waals surface area contributed by atoms with Crippen molar-refractivity contribution in [1.82, 2.24) is 15.5 Å². The van der Waals surface area contributed by atoms with E-state index in [1.54, 1.807) is 0 Å². The smallest absolute Gasteiger partial charge is 0.321 e. The third-order valence-electron chi connectivity index (χ3n) is 6.33. The van der Waals surface area contributed by atoms with Gasteiger partial charge in [0.2, 0.25) is 5.91 Å². The van der Waals surface area contributed by atoms with Gasteiger partial charge in [-0.1, -0.05) is 12.8 Å². The molecule has 0 spiro atoms. The van der Waals surface area contributed by atoms with Crippen LogP contribution in [0.25, 0.3) is 0 Å². The van der Waals surface area contributed by atoms with Crippen molar-refractivity contribution in [3.63, 3.8) is 0 Å². The lowest BCUT2D eigenvalue weighted by Crippen LogP contribution is -2.50. The molecule has 3 aliphatic rings. The largest absolute Gasteiger partial charge is 0.335 e. The van der Waals surface area contributed by atoms with Crippen molar-refractivity contribution in [2.45, 2.75) is 70.9 Å². The van der Waals surface area contributed by atoms with E-state index in [9.17, 15) is 9.59 Å². The van der Waals surface area contributed by atoms with Gasteiger partial charge in [-0.3, -0.25) is 15.0 Å². The van der Waals surface area contributed by atoms with E-state index >= 15 is 0 Å². The number of rotatable bonds is 4. The molecule has 23 heavy (non-hydrogen) atoms. The maximum atomic E-state index is 12.1. The van der Waals surface area contributed by atoms with Crippen LogP contribution in [0.4, 0.5) is 4.79 Å². The summed E-state index contributed by atoms with van der Waals surface area (Å²) >= 11 is 0. The SMILES string of the molecule is CC(NC(=O)NC(=O)CN1CCCCC1C)C1CC2CCC1C2. The molecule has 1 saturated heterocycles. The summed E-state index contributed by atoms with van der Waals surface area (Å²) in [5.41, 5.74) is 0. The first-order valence-corrected chi connectivity index (χ1v) is 9.37. The Morgan fingerprint density at radius 2 is 2.00 bits per heavy atom. The third kappa shape index (κ3) is 4.06. The van der Waals surface area contributed by atoms with Crippen LogP contribution >= 0.6 is 0 Å². The minimum Gasteiger partial charge on any atom is -0.335 e. The molecule has 2 bridgehead atoms. The maximum absolute atomic E-state index is 12.1. The van der Waals surface area contributed by atoms with E-state index in [1.165, 1.54) is 32.1 Å². The second-order valence-electron chi connectivity index (χ2n) is 7.96. The van der Waals surface area contributed by atoms with E-state index in [0.29, 0.717) is 18.5 Å². The molecule has 0 radical (unpaired) electrons. The highest BCUT2D eigenvalue weighted by atomic mass is 16.2. The van der Waals surface area contributed by atoms with Crippen LogP contribution in [0.2, 0.25) is 0 Å². The van der Waals surface area contributed by atoms with Crippen LogP contribution in [0, 0.1) is 17.8 Å². The normalized spacial score (nSPS) is 35.0.